The zero-order valence-corrected chi connectivity index (χ0v) is 16.5. The summed E-state index contributed by atoms with van der Waals surface area (Å²) < 4.78 is 5.07. The lowest BCUT2D eigenvalue weighted by molar-refractivity contribution is -0.157. The van der Waals surface area contributed by atoms with E-state index in [0.29, 0.717) is 39.1 Å². The van der Waals surface area contributed by atoms with E-state index in [2.05, 4.69) is 17.0 Å². The second-order valence-electron chi connectivity index (χ2n) is 7.40. The highest BCUT2D eigenvalue weighted by Gasteiger charge is 2.34. The molecule has 7 nitrogen and oxygen atoms in total. The van der Waals surface area contributed by atoms with Crippen molar-refractivity contribution >= 4 is 17.8 Å². The minimum atomic E-state index is -0.495. The fourth-order valence-corrected chi connectivity index (χ4v) is 3.84. The molecule has 1 unspecified atom stereocenters. The molecule has 0 saturated carbocycles. The largest absolute Gasteiger partial charge is 0.466 e. The molecule has 0 spiro atoms. The molecule has 0 aliphatic carbocycles. The molecular formula is C21H29N3O4. The van der Waals surface area contributed by atoms with Gasteiger partial charge < -0.3 is 14.5 Å². The number of rotatable bonds is 4. The summed E-state index contributed by atoms with van der Waals surface area (Å²) in [6.07, 6.45) is 1.42. The summed E-state index contributed by atoms with van der Waals surface area (Å²) in [7, 11) is 0. The van der Waals surface area contributed by atoms with Crippen LogP contribution in [0.2, 0.25) is 0 Å². The lowest BCUT2D eigenvalue weighted by Gasteiger charge is -2.36. The molecule has 152 valence electrons. The summed E-state index contributed by atoms with van der Waals surface area (Å²) in [6.45, 7) is 6.34. The lowest BCUT2D eigenvalue weighted by Crippen LogP contribution is -2.54. The zero-order chi connectivity index (χ0) is 19.9. The van der Waals surface area contributed by atoms with Crippen molar-refractivity contribution < 1.29 is 19.1 Å². The Kier molecular flexibility index (Phi) is 7.03. The molecule has 2 amide bonds. The van der Waals surface area contributed by atoms with Crippen LogP contribution in [0.15, 0.2) is 30.3 Å². The maximum Gasteiger partial charge on any atom is 0.312 e. The molecule has 2 aliphatic heterocycles. The van der Waals surface area contributed by atoms with Gasteiger partial charge in [-0.1, -0.05) is 30.3 Å². The number of hydrogen-bond acceptors (Lipinski definition) is 5. The van der Waals surface area contributed by atoms with Crippen molar-refractivity contribution in [2.75, 3.05) is 45.9 Å². The van der Waals surface area contributed by atoms with Crippen molar-refractivity contribution in [1.29, 1.82) is 0 Å². The first-order valence-corrected chi connectivity index (χ1v) is 10.1. The Labute approximate surface area is 166 Å². The van der Waals surface area contributed by atoms with Gasteiger partial charge in [-0.2, -0.15) is 0 Å². The molecule has 0 N–H and O–H groups in total. The van der Waals surface area contributed by atoms with Crippen LogP contribution in [0.4, 0.5) is 0 Å². The molecule has 0 bridgehead atoms. The highest BCUT2D eigenvalue weighted by molar-refractivity contribution is 6.35. The summed E-state index contributed by atoms with van der Waals surface area (Å²) in [6, 6.07) is 10.2. The Hall–Kier alpha value is -2.41. The number of esters is 1. The predicted molar refractivity (Wildman–Crippen MR) is 104 cm³/mol. The molecule has 2 heterocycles. The number of amides is 2. The smallest absolute Gasteiger partial charge is 0.312 e. The van der Waals surface area contributed by atoms with Crippen LogP contribution in [-0.4, -0.2) is 78.4 Å². The van der Waals surface area contributed by atoms with Crippen LogP contribution in [0.3, 0.4) is 0 Å². The van der Waals surface area contributed by atoms with Crippen LogP contribution in [0, 0.1) is 5.92 Å². The normalized spacial score (nSPS) is 20.7. The molecule has 0 aromatic heterocycles. The molecule has 2 aliphatic rings. The van der Waals surface area contributed by atoms with Gasteiger partial charge in [-0.05, 0) is 25.3 Å². The number of carbonyl (C=O) groups is 3. The molecule has 2 fully saturated rings. The molecule has 1 aromatic rings. The van der Waals surface area contributed by atoms with Crippen LogP contribution >= 0.6 is 0 Å². The average Bonchev–Trinajstić information content (AvgIpc) is 2.74. The van der Waals surface area contributed by atoms with Gasteiger partial charge in [0.1, 0.15) is 0 Å². The van der Waals surface area contributed by atoms with E-state index < -0.39 is 11.8 Å². The van der Waals surface area contributed by atoms with Crippen molar-refractivity contribution in [3.63, 3.8) is 0 Å². The SMILES string of the molecule is CCOC(=O)C1CCCN(C(=O)C(=O)N2CCN(Cc3ccccc3)CC2)C1. The number of likely N-dealkylation sites (tertiary alicyclic amines) is 1. The highest BCUT2D eigenvalue weighted by Crippen LogP contribution is 2.19. The van der Waals surface area contributed by atoms with Crippen LogP contribution in [0.5, 0.6) is 0 Å². The number of ether oxygens (including phenoxy) is 1. The van der Waals surface area contributed by atoms with Gasteiger partial charge in [0.2, 0.25) is 0 Å². The second kappa shape index (κ2) is 9.68. The number of hydrogen-bond donors (Lipinski definition) is 0. The third kappa shape index (κ3) is 5.10. The number of nitrogens with zero attached hydrogens (tertiary/aromatic N) is 3. The molecule has 3 rings (SSSR count). The Morgan fingerprint density at radius 3 is 2.32 bits per heavy atom. The standard InChI is InChI=1S/C21H29N3O4/c1-2-28-21(27)18-9-6-10-24(16-18)20(26)19(25)23-13-11-22(12-14-23)15-17-7-4-3-5-8-17/h3-5,7-8,18H,2,6,9-16H2,1H3. The summed E-state index contributed by atoms with van der Waals surface area (Å²) in [5.41, 5.74) is 1.25. The van der Waals surface area contributed by atoms with Crippen molar-refractivity contribution in [1.82, 2.24) is 14.7 Å². The van der Waals surface area contributed by atoms with Gasteiger partial charge in [-0.25, -0.2) is 0 Å². The number of benzene rings is 1. The second-order valence-corrected chi connectivity index (χ2v) is 7.40. The Morgan fingerprint density at radius 1 is 0.964 bits per heavy atom. The van der Waals surface area contributed by atoms with Gasteiger partial charge >= 0.3 is 17.8 Å². The van der Waals surface area contributed by atoms with E-state index in [9.17, 15) is 14.4 Å². The highest BCUT2D eigenvalue weighted by atomic mass is 16.5. The Bertz CT molecular complexity index is 686. The quantitative estimate of drug-likeness (QED) is 0.572. The van der Waals surface area contributed by atoms with E-state index in [4.69, 9.17) is 4.74 Å². The average molecular weight is 387 g/mol. The zero-order valence-electron chi connectivity index (χ0n) is 16.5. The minimum Gasteiger partial charge on any atom is -0.466 e. The molecule has 1 aromatic carbocycles. The monoisotopic (exact) mass is 387 g/mol. The van der Waals surface area contributed by atoms with Gasteiger partial charge in [0.15, 0.2) is 0 Å². The summed E-state index contributed by atoms with van der Waals surface area (Å²) >= 11 is 0. The van der Waals surface area contributed by atoms with Crippen LogP contribution < -0.4 is 0 Å². The lowest BCUT2D eigenvalue weighted by atomic mass is 9.98. The summed E-state index contributed by atoms with van der Waals surface area (Å²) in [5, 5.41) is 0. The van der Waals surface area contributed by atoms with E-state index in [1.165, 1.54) is 10.5 Å². The van der Waals surface area contributed by atoms with Crippen LogP contribution in [0.25, 0.3) is 0 Å². The summed E-state index contributed by atoms with van der Waals surface area (Å²) in [5.74, 6) is -1.55. The van der Waals surface area contributed by atoms with Crippen molar-refractivity contribution in [2.24, 2.45) is 5.92 Å². The first-order chi connectivity index (χ1) is 13.6. The van der Waals surface area contributed by atoms with E-state index in [1.54, 1.807) is 11.8 Å². The van der Waals surface area contributed by atoms with E-state index in [1.807, 2.05) is 18.2 Å². The third-order valence-electron chi connectivity index (χ3n) is 5.42. The maximum atomic E-state index is 12.7. The Morgan fingerprint density at radius 2 is 1.64 bits per heavy atom. The van der Waals surface area contributed by atoms with Crippen molar-refractivity contribution in [3.05, 3.63) is 35.9 Å². The molecule has 2 saturated heterocycles. The van der Waals surface area contributed by atoms with Crippen molar-refractivity contribution in [2.45, 2.75) is 26.3 Å². The van der Waals surface area contributed by atoms with Gasteiger partial charge in [-0.15, -0.1) is 0 Å². The molecule has 28 heavy (non-hydrogen) atoms. The summed E-state index contributed by atoms with van der Waals surface area (Å²) in [4.78, 5) is 42.7. The van der Waals surface area contributed by atoms with Gasteiger partial charge in [0.25, 0.3) is 0 Å². The van der Waals surface area contributed by atoms with Crippen molar-refractivity contribution in [3.8, 4) is 0 Å². The van der Waals surface area contributed by atoms with E-state index in [-0.39, 0.29) is 18.4 Å². The molecular weight excluding hydrogens is 358 g/mol. The fourth-order valence-electron chi connectivity index (χ4n) is 3.84. The first kappa shape index (κ1) is 20.3. The first-order valence-electron chi connectivity index (χ1n) is 10.1. The topological polar surface area (TPSA) is 70.2 Å². The number of carbonyl (C=O) groups excluding carboxylic acids is 3. The Balaban J connectivity index is 1.49. The molecule has 7 heteroatoms. The number of piperazine rings is 1. The third-order valence-corrected chi connectivity index (χ3v) is 5.42. The van der Waals surface area contributed by atoms with Crippen LogP contribution in [-0.2, 0) is 25.7 Å². The maximum absolute atomic E-state index is 12.7. The van der Waals surface area contributed by atoms with E-state index in [0.717, 1.165) is 19.6 Å². The molecule has 0 radical (unpaired) electrons. The van der Waals surface area contributed by atoms with Crippen LogP contribution in [0.1, 0.15) is 25.3 Å². The molecule has 1 atom stereocenters. The van der Waals surface area contributed by atoms with Gasteiger partial charge in [0, 0.05) is 45.8 Å². The van der Waals surface area contributed by atoms with E-state index >= 15 is 0 Å². The fraction of sp³-hybridized carbons (Fsp3) is 0.571. The predicted octanol–water partition coefficient (Wildman–Crippen LogP) is 1.13. The van der Waals surface area contributed by atoms with Gasteiger partial charge in [0.05, 0.1) is 12.5 Å². The number of piperidine rings is 1. The van der Waals surface area contributed by atoms with Gasteiger partial charge in [-0.3, -0.25) is 19.3 Å². The minimum absolute atomic E-state index is 0.275.